The molecule has 0 bridgehead atoms. The molecule has 2 N–H and O–H groups in total. The van der Waals surface area contributed by atoms with Crippen LogP contribution in [0, 0.1) is 69.5 Å². The summed E-state index contributed by atoms with van der Waals surface area (Å²) in [7, 11) is 0. The summed E-state index contributed by atoms with van der Waals surface area (Å²) >= 11 is 0. The number of esters is 6. The molecule has 16 heteroatoms. The highest BCUT2D eigenvalue weighted by atomic mass is 16.6. The van der Waals surface area contributed by atoms with Gasteiger partial charge in [0, 0.05) is 0 Å². The van der Waals surface area contributed by atoms with Crippen LogP contribution in [0.15, 0.2) is 0 Å². The van der Waals surface area contributed by atoms with Crippen LogP contribution in [-0.4, -0.2) is 95.6 Å². The fourth-order valence-corrected chi connectivity index (χ4v) is 8.37. The predicted octanol–water partition coefficient (Wildman–Crippen LogP) is 8.87. The molecule has 1 aliphatic rings. The molecule has 1 saturated heterocycles. The van der Waals surface area contributed by atoms with Gasteiger partial charge in [0.25, 0.3) is 0 Å². The Morgan fingerprint density at radius 1 is 0.493 bits per heavy atom. The van der Waals surface area contributed by atoms with Crippen LogP contribution in [0.3, 0.4) is 0 Å². The summed E-state index contributed by atoms with van der Waals surface area (Å²) in [5.41, 5.74) is -3.66. The first-order valence-electron chi connectivity index (χ1n) is 23.9. The molecule has 1 aliphatic heterocycles. The van der Waals surface area contributed by atoms with Crippen molar-refractivity contribution in [3.63, 3.8) is 0 Å². The second kappa shape index (κ2) is 25.4. The van der Waals surface area contributed by atoms with Crippen molar-refractivity contribution >= 4 is 47.8 Å². The van der Waals surface area contributed by atoms with Crippen LogP contribution in [0.25, 0.3) is 0 Å². The summed E-state index contributed by atoms with van der Waals surface area (Å²) in [5.74, 6) is -15.7. The molecule has 386 valence electrons. The van der Waals surface area contributed by atoms with E-state index in [0.717, 1.165) is 0 Å². The number of ether oxygens (including phenoxy) is 6. The van der Waals surface area contributed by atoms with Gasteiger partial charge in [-0.25, -0.2) is 0 Å². The molecular formula is C51H86O16. The van der Waals surface area contributed by atoms with Crippen molar-refractivity contribution in [1.29, 1.82) is 0 Å². The minimum Gasteiger partial charge on any atom is -0.481 e. The Kier molecular flexibility index (Phi) is 23.0. The molecule has 8 unspecified atom stereocenters. The SMILES string of the molecule is CC(C)C1CC(C(=O)OC(C)(C)C)CC(C(=O)O)CC(CC(C)(C)C)C(=O)OCCOC(=O)C(CC(C)(C)C)CC(C(=O)OC(C)(C)C)CC(C(=O)O)CC(C(C)(C)C)C(=O)OCCOC1=O. The lowest BCUT2D eigenvalue weighted by molar-refractivity contribution is -0.168. The molecule has 0 saturated carbocycles. The van der Waals surface area contributed by atoms with Gasteiger partial charge in [0.05, 0.1) is 47.3 Å². The quantitative estimate of drug-likeness (QED) is 0.179. The highest BCUT2D eigenvalue weighted by Crippen LogP contribution is 2.39. The van der Waals surface area contributed by atoms with Crippen LogP contribution >= 0.6 is 0 Å². The highest BCUT2D eigenvalue weighted by Gasteiger charge is 2.42. The molecule has 0 radical (unpaired) electrons. The minimum absolute atomic E-state index is 0.141. The fraction of sp³-hybridized carbons (Fsp3) is 0.843. The zero-order valence-corrected chi connectivity index (χ0v) is 43.8. The number of cyclic esters (lactones) is 4. The van der Waals surface area contributed by atoms with Crippen molar-refractivity contribution in [1.82, 2.24) is 0 Å². The zero-order valence-electron chi connectivity index (χ0n) is 43.8. The van der Waals surface area contributed by atoms with Crippen molar-refractivity contribution in [2.24, 2.45) is 69.5 Å². The maximum Gasteiger partial charge on any atom is 0.309 e. The maximum absolute atomic E-state index is 13.9. The number of hydrogen-bond donors (Lipinski definition) is 2. The van der Waals surface area contributed by atoms with Gasteiger partial charge in [0.15, 0.2) is 0 Å². The van der Waals surface area contributed by atoms with Crippen molar-refractivity contribution in [3.05, 3.63) is 0 Å². The first kappa shape index (κ1) is 60.8. The minimum atomic E-state index is -1.27. The third-order valence-electron chi connectivity index (χ3n) is 11.5. The highest BCUT2D eigenvalue weighted by molar-refractivity contribution is 5.80. The van der Waals surface area contributed by atoms with Crippen LogP contribution in [0.1, 0.15) is 169 Å². The summed E-state index contributed by atoms with van der Waals surface area (Å²) in [6.07, 6.45) is -0.823. The third-order valence-corrected chi connectivity index (χ3v) is 11.5. The average Bonchev–Trinajstić information content (AvgIpc) is 3.12. The van der Waals surface area contributed by atoms with Gasteiger partial charge in [-0.15, -0.1) is 0 Å². The number of aliphatic carboxylic acids is 2. The third kappa shape index (κ3) is 24.1. The molecular weight excluding hydrogens is 869 g/mol. The van der Waals surface area contributed by atoms with Crippen LogP contribution in [0.4, 0.5) is 0 Å². The Balaban J connectivity index is 3.92. The standard InChI is InChI=1S/C51H86O16/c1-30(2)37-26-34(44(59)67-51(15,16)17)22-31(39(52)53)24-35(28-47(3,4)5)41(56)62-18-19-63-42(57)36(29-48(6,7)8)25-33(43(58)66-50(12,13)14)23-32(40(54)55)27-38(49(9,10)11)46(61)65-21-20-64-45(37)60/h30-38H,18-29H2,1-17H3,(H,52,53)(H,54,55). The second-order valence-electron chi connectivity index (χ2n) is 24.3. The Labute approximate surface area is 400 Å². The number of carbonyl (C=O) groups is 8. The molecule has 0 aromatic carbocycles. The van der Waals surface area contributed by atoms with Gasteiger partial charge in [-0.3, -0.25) is 38.4 Å². The number of rotatable bonds is 7. The van der Waals surface area contributed by atoms with E-state index in [2.05, 4.69) is 0 Å². The van der Waals surface area contributed by atoms with Crippen LogP contribution in [-0.2, 0) is 66.8 Å². The molecule has 1 heterocycles. The van der Waals surface area contributed by atoms with Gasteiger partial charge < -0.3 is 38.6 Å². The molecule has 16 nitrogen and oxygen atoms in total. The maximum atomic E-state index is 13.9. The lowest BCUT2D eigenvalue weighted by Gasteiger charge is -2.33. The lowest BCUT2D eigenvalue weighted by Crippen LogP contribution is -2.38. The van der Waals surface area contributed by atoms with Gasteiger partial charge >= 0.3 is 47.8 Å². The summed E-state index contributed by atoms with van der Waals surface area (Å²) in [6, 6.07) is 0. The van der Waals surface area contributed by atoms with Gasteiger partial charge in [-0.05, 0) is 115 Å². The molecule has 0 spiro atoms. The number of hydrogen-bond acceptors (Lipinski definition) is 14. The molecule has 0 aromatic heterocycles. The van der Waals surface area contributed by atoms with E-state index in [1.54, 1.807) is 76.2 Å². The van der Waals surface area contributed by atoms with E-state index in [9.17, 15) is 48.6 Å². The first-order valence-corrected chi connectivity index (χ1v) is 23.9. The number of carbonyl (C=O) groups excluding carboxylic acids is 6. The summed E-state index contributed by atoms with van der Waals surface area (Å²) < 4.78 is 34.0. The monoisotopic (exact) mass is 955 g/mol. The number of carboxylic acid groups (broad SMARTS) is 2. The smallest absolute Gasteiger partial charge is 0.309 e. The van der Waals surface area contributed by atoms with E-state index in [0.29, 0.717) is 0 Å². The fourth-order valence-electron chi connectivity index (χ4n) is 8.37. The largest absolute Gasteiger partial charge is 0.481 e. The van der Waals surface area contributed by atoms with Gasteiger partial charge in [0.2, 0.25) is 0 Å². The summed E-state index contributed by atoms with van der Waals surface area (Å²) in [6.45, 7) is 28.7. The topological polar surface area (TPSA) is 232 Å². The predicted molar refractivity (Wildman–Crippen MR) is 249 cm³/mol. The van der Waals surface area contributed by atoms with Gasteiger partial charge in [0.1, 0.15) is 37.6 Å². The Bertz CT molecular complexity index is 1680. The van der Waals surface area contributed by atoms with Gasteiger partial charge in [-0.2, -0.15) is 0 Å². The van der Waals surface area contributed by atoms with Crippen molar-refractivity contribution < 1.29 is 77.0 Å². The lowest BCUT2D eigenvalue weighted by atomic mass is 9.73. The van der Waals surface area contributed by atoms with E-state index in [-0.39, 0.29) is 83.7 Å². The molecule has 8 atom stereocenters. The van der Waals surface area contributed by atoms with Crippen LogP contribution < -0.4 is 0 Å². The van der Waals surface area contributed by atoms with Crippen molar-refractivity contribution in [2.75, 3.05) is 26.4 Å². The van der Waals surface area contributed by atoms with E-state index in [1.807, 2.05) is 41.5 Å². The van der Waals surface area contributed by atoms with E-state index < -0.39 is 123 Å². The summed E-state index contributed by atoms with van der Waals surface area (Å²) in [4.78, 5) is 109. The molecule has 1 rings (SSSR count). The zero-order chi connectivity index (χ0) is 52.0. The van der Waals surface area contributed by atoms with Crippen molar-refractivity contribution in [3.8, 4) is 0 Å². The second-order valence-corrected chi connectivity index (χ2v) is 24.3. The molecule has 0 aliphatic carbocycles. The molecule has 1 fully saturated rings. The van der Waals surface area contributed by atoms with E-state index in [1.165, 1.54) is 0 Å². The Morgan fingerprint density at radius 3 is 1.15 bits per heavy atom. The first-order chi connectivity index (χ1) is 30.3. The molecule has 0 amide bonds. The molecule has 67 heavy (non-hydrogen) atoms. The Morgan fingerprint density at radius 2 is 0.821 bits per heavy atom. The van der Waals surface area contributed by atoms with Gasteiger partial charge in [-0.1, -0.05) is 76.2 Å². The summed E-state index contributed by atoms with van der Waals surface area (Å²) in [5, 5.41) is 21.2. The number of carboxylic acids is 2. The van der Waals surface area contributed by atoms with Crippen molar-refractivity contribution in [2.45, 2.75) is 180 Å². The van der Waals surface area contributed by atoms with Crippen LogP contribution in [0.5, 0.6) is 0 Å². The van der Waals surface area contributed by atoms with Crippen LogP contribution in [0.2, 0.25) is 0 Å². The average molecular weight is 955 g/mol. The van der Waals surface area contributed by atoms with E-state index in [4.69, 9.17) is 28.4 Å². The Hall–Kier alpha value is -4.24. The molecule has 0 aromatic rings. The normalized spacial score (nSPS) is 26.3. The van der Waals surface area contributed by atoms with E-state index >= 15 is 0 Å².